The molecule has 0 unspecified atom stereocenters. The van der Waals surface area contributed by atoms with Gasteiger partial charge >= 0.3 is 0 Å². The molecule has 1 aromatic carbocycles. The third kappa shape index (κ3) is 3.09. The third-order valence-corrected chi connectivity index (χ3v) is 2.83. The van der Waals surface area contributed by atoms with E-state index in [0.29, 0.717) is 22.8 Å². The van der Waals surface area contributed by atoms with E-state index in [2.05, 4.69) is 0 Å². The largest absolute Gasteiger partial charge is 0.497 e. The Labute approximate surface area is 117 Å². The summed E-state index contributed by atoms with van der Waals surface area (Å²) >= 11 is 0. The lowest BCUT2D eigenvalue weighted by Crippen LogP contribution is -1.99. The molecule has 0 amide bonds. The topological polar surface area (TPSA) is 48.7 Å². The first-order valence-corrected chi connectivity index (χ1v) is 6.15. The normalized spacial score (nSPS) is 10.8. The SMILES string of the molecule is COc1ccc(C(=O)C=Cc2ccc(C)o2)c(OC)c1. The number of ketones is 1. The van der Waals surface area contributed by atoms with Gasteiger partial charge in [-0.25, -0.2) is 0 Å². The van der Waals surface area contributed by atoms with Crippen LogP contribution in [-0.2, 0) is 0 Å². The van der Waals surface area contributed by atoms with Gasteiger partial charge in [0, 0.05) is 6.07 Å². The van der Waals surface area contributed by atoms with E-state index in [1.807, 2.05) is 19.1 Å². The number of ether oxygens (including phenoxy) is 2. The summed E-state index contributed by atoms with van der Waals surface area (Å²) in [4.78, 5) is 12.2. The van der Waals surface area contributed by atoms with Crippen molar-refractivity contribution in [3.8, 4) is 11.5 Å². The Morgan fingerprint density at radius 1 is 1.15 bits per heavy atom. The Balaban J connectivity index is 2.22. The molecule has 1 aromatic heterocycles. The minimum Gasteiger partial charge on any atom is -0.497 e. The van der Waals surface area contributed by atoms with Gasteiger partial charge in [0.1, 0.15) is 23.0 Å². The van der Waals surface area contributed by atoms with Crippen molar-refractivity contribution in [2.24, 2.45) is 0 Å². The highest BCUT2D eigenvalue weighted by molar-refractivity contribution is 6.08. The molecule has 0 saturated carbocycles. The van der Waals surface area contributed by atoms with Crippen molar-refractivity contribution in [1.82, 2.24) is 0 Å². The molecule has 4 heteroatoms. The molecule has 0 radical (unpaired) electrons. The van der Waals surface area contributed by atoms with Crippen LogP contribution in [0.4, 0.5) is 0 Å². The van der Waals surface area contributed by atoms with Gasteiger partial charge in [0.05, 0.1) is 19.8 Å². The number of allylic oxidation sites excluding steroid dienone is 1. The summed E-state index contributed by atoms with van der Waals surface area (Å²) in [5.74, 6) is 2.42. The molecule has 2 rings (SSSR count). The van der Waals surface area contributed by atoms with Crippen LogP contribution in [-0.4, -0.2) is 20.0 Å². The smallest absolute Gasteiger partial charge is 0.189 e. The van der Waals surface area contributed by atoms with Crippen molar-refractivity contribution in [2.45, 2.75) is 6.92 Å². The summed E-state index contributed by atoms with van der Waals surface area (Å²) in [5.41, 5.74) is 0.479. The highest BCUT2D eigenvalue weighted by atomic mass is 16.5. The van der Waals surface area contributed by atoms with E-state index in [4.69, 9.17) is 13.9 Å². The third-order valence-electron chi connectivity index (χ3n) is 2.83. The Hall–Kier alpha value is -2.49. The predicted octanol–water partition coefficient (Wildman–Crippen LogP) is 3.50. The number of hydrogen-bond donors (Lipinski definition) is 0. The zero-order valence-corrected chi connectivity index (χ0v) is 11.7. The van der Waals surface area contributed by atoms with Gasteiger partial charge in [0.2, 0.25) is 0 Å². The molecule has 1 heterocycles. The molecular weight excluding hydrogens is 256 g/mol. The van der Waals surface area contributed by atoms with Crippen LogP contribution in [0.1, 0.15) is 21.9 Å². The molecule has 0 aliphatic heterocycles. The van der Waals surface area contributed by atoms with E-state index in [-0.39, 0.29) is 5.78 Å². The quantitative estimate of drug-likeness (QED) is 0.617. The van der Waals surface area contributed by atoms with Gasteiger partial charge in [-0.05, 0) is 43.3 Å². The summed E-state index contributed by atoms with van der Waals surface area (Å²) in [6, 6.07) is 8.74. The molecule has 20 heavy (non-hydrogen) atoms. The highest BCUT2D eigenvalue weighted by Crippen LogP contribution is 2.25. The van der Waals surface area contributed by atoms with Gasteiger partial charge < -0.3 is 13.9 Å². The fourth-order valence-corrected chi connectivity index (χ4v) is 1.79. The van der Waals surface area contributed by atoms with E-state index in [9.17, 15) is 4.79 Å². The summed E-state index contributed by atoms with van der Waals surface area (Å²) in [5, 5.41) is 0. The minimum absolute atomic E-state index is 0.154. The first-order valence-electron chi connectivity index (χ1n) is 6.15. The van der Waals surface area contributed by atoms with Crippen molar-refractivity contribution in [1.29, 1.82) is 0 Å². The molecule has 0 spiro atoms. The van der Waals surface area contributed by atoms with Gasteiger partial charge in [-0.1, -0.05) is 0 Å². The second kappa shape index (κ2) is 6.10. The molecule has 0 fully saturated rings. The number of methoxy groups -OCH3 is 2. The lowest BCUT2D eigenvalue weighted by atomic mass is 10.1. The van der Waals surface area contributed by atoms with Crippen molar-refractivity contribution < 1.29 is 18.7 Å². The number of benzene rings is 1. The van der Waals surface area contributed by atoms with E-state index in [1.165, 1.54) is 13.2 Å². The van der Waals surface area contributed by atoms with Crippen LogP contribution in [0.3, 0.4) is 0 Å². The summed E-state index contributed by atoms with van der Waals surface area (Å²) in [6.45, 7) is 1.85. The minimum atomic E-state index is -0.154. The van der Waals surface area contributed by atoms with E-state index in [1.54, 1.807) is 31.4 Å². The fourth-order valence-electron chi connectivity index (χ4n) is 1.79. The number of carbonyl (C=O) groups excluding carboxylic acids is 1. The molecular formula is C16H16O4. The number of aryl methyl sites for hydroxylation is 1. The van der Waals surface area contributed by atoms with Crippen molar-refractivity contribution in [2.75, 3.05) is 14.2 Å². The number of carbonyl (C=O) groups is 1. The Morgan fingerprint density at radius 2 is 1.95 bits per heavy atom. The second-order valence-electron chi connectivity index (χ2n) is 4.21. The van der Waals surface area contributed by atoms with Crippen LogP contribution in [0.25, 0.3) is 6.08 Å². The number of hydrogen-bond acceptors (Lipinski definition) is 4. The Bertz CT molecular complexity index is 638. The zero-order valence-electron chi connectivity index (χ0n) is 11.7. The summed E-state index contributed by atoms with van der Waals surface area (Å²) in [7, 11) is 3.08. The monoisotopic (exact) mass is 272 g/mol. The van der Waals surface area contributed by atoms with Gasteiger partial charge in [-0.2, -0.15) is 0 Å². The average molecular weight is 272 g/mol. The van der Waals surface area contributed by atoms with Gasteiger partial charge in [-0.15, -0.1) is 0 Å². The van der Waals surface area contributed by atoms with Crippen molar-refractivity contribution in [3.05, 3.63) is 53.5 Å². The van der Waals surface area contributed by atoms with Crippen molar-refractivity contribution in [3.63, 3.8) is 0 Å². The van der Waals surface area contributed by atoms with Crippen LogP contribution in [0.15, 0.2) is 40.8 Å². The Kier molecular flexibility index (Phi) is 4.25. The fraction of sp³-hybridized carbons (Fsp3) is 0.188. The summed E-state index contributed by atoms with van der Waals surface area (Å²) in [6.07, 6.45) is 3.10. The average Bonchev–Trinajstić information content (AvgIpc) is 2.89. The molecule has 4 nitrogen and oxygen atoms in total. The lowest BCUT2D eigenvalue weighted by Gasteiger charge is -2.07. The number of furan rings is 1. The van der Waals surface area contributed by atoms with Crippen LogP contribution in [0.5, 0.6) is 11.5 Å². The highest BCUT2D eigenvalue weighted by Gasteiger charge is 2.10. The molecule has 0 bridgehead atoms. The van der Waals surface area contributed by atoms with Crippen LogP contribution in [0.2, 0.25) is 0 Å². The first-order chi connectivity index (χ1) is 9.63. The molecule has 0 aliphatic rings. The van der Waals surface area contributed by atoms with E-state index >= 15 is 0 Å². The molecule has 0 aliphatic carbocycles. The molecule has 0 saturated heterocycles. The number of rotatable bonds is 5. The maximum absolute atomic E-state index is 12.2. The van der Waals surface area contributed by atoms with Gasteiger partial charge in [-0.3, -0.25) is 4.79 Å². The Morgan fingerprint density at radius 3 is 2.55 bits per heavy atom. The summed E-state index contributed by atoms with van der Waals surface area (Å²) < 4.78 is 15.7. The molecule has 0 atom stereocenters. The molecule has 104 valence electrons. The van der Waals surface area contributed by atoms with Gasteiger partial charge in [0.25, 0.3) is 0 Å². The van der Waals surface area contributed by atoms with Crippen LogP contribution in [0, 0.1) is 6.92 Å². The maximum Gasteiger partial charge on any atom is 0.189 e. The maximum atomic E-state index is 12.2. The standard InChI is InChI=1S/C16H16O4/c1-11-4-5-12(20-11)7-9-15(17)14-8-6-13(18-2)10-16(14)19-3/h4-10H,1-3H3. The van der Waals surface area contributed by atoms with Crippen molar-refractivity contribution >= 4 is 11.9 Å². The van der Waals surface area contributed by atoms with E-state index in [0.717, 1.165) is 5.76 Å². The first kappa shape index (κ1) is 13.9. The van der Waals surface area contributed by atoms with E-state index < -0.39 is 0 Å². The van der Waals surface area contributed by atoms with Gasteiger partial charge in [0.15, 0.2) is 5.78 Å². The zero-order chi connectivity index (χ0) is 14.5. The predicted molar refractivity (Wildman–Crippen MR) is 76.4 cm³/mol. The van der Waals surface area contributed by atoms with Crippen LogP contribution >= 0.6 is 0 Å². The molecule has 2 aromatic rings. The second-order valence-corrected chi connectivity index (χ2v) is 4.21. The van der Waals surface area contributed by atoms with Crippen LogP contribution < -0.4 is 9.47 Å². The molecule has 0 N–H and O–H groups in total. The lowest BCUT2D eigenvalue weighted by molar-refractivity contribution is 0.104.